The van der Waals surface area contributed by atoms with Crippen LogP contribution >= 0.6 is 0 Å². The molecule has 5 heteroatoms. The van der Waals surface area contributed by atoms with Gasteiger partial charge in [0.2, 0.25) is 0 Å². The molecule has 0 spiro atoms. The van der Waals surface area contributed by atoms with Gasteiger partial charge in [-0.15, -0.1) is 0 Å². The number of hydrogen-bond acceptors (Lipinski definition) is 3. The Morgan fingerprint density at radius 2 is 2.16 bits per heavy atom. The number of carbonyl (C=O) groups is 1. The van der Waals surface area contributed by atoms with E-state index in [1.54, 1.807) is 12.1 Å². The van der Waals surface area contributed by atoms with E-state index in [9.17, 15) is 4.79 Å². The van der Waals surface area contributed by atoms with Crippen molar-refractivity contribution in [3.8, 4) is 6.07 Å². The lowest BCUT2D eigenvalue weighted by Crippen LogP contribution is -2.41. The van der Waals surface area contributed by atoms with Crippen molar-refractivity contribution in [1.82, 2.24) is 5.32 Å². The normalized spacial score (nSPS) is 15.6. The number of anilines is 1. The first kappa shape index (κ1) is 13.4. The molecule has 1 aliphatic heterocycles. The fraction of sp³-hybridized carbons (Fsp3) is 0.429. The van der Waals surface area contributed by atoms with E-state index in [4.69, 9.17) is 10.00 Å². The zero-order valence-electron chi connectivity index (χ0n) is 10.9. The molecule has 1 fully saturated rings. The molecule has 2 N–H and O–H groups in total. The monoisotopic (exact) mass is 259 g/mol. The number of rotatable bonds is 2. The minimum Gasteiger partial charge on any atom is -0.381 e. The second kappa shape index (κ2) is 6.21. The summed E-state index contributed by atoms with van der Waals surface area (Å²) in [5.41, 5.74) is 2.11. The Morgan fingerprint density at radius 1 is 1.42 bits per heavy atom. The van der Waals surface area contributed by atoms with Crippen molar-refractivity contribution in [3.63, 3.8) is 0 Å². The fourth-order valence-electron chi connectivity index (χ4n) is 2.01. The van der Waals surface area contributed by atoms with Crippen LogP contribution in [-0.2, 0) is 4.74 Å². The highest BCUT2D eigenvalue weighted by Crippen LogP contribution is 2.14. The van der Waals surface area contributed by atoms with E-state index < -0.39 is 0 Å². The number of nitrogens with zero attached hydrogens (tertiary/aromatic N) is 1. The molecule has 1 heterocycles. The Labute approximate surface area is 112 Å². The molecule has 0 unspecified atom stereocenters. The van der Waals surface area contributed by atoms with Crippen LogP contribution < -0.4 is 10.6 Å². The predicted octanol–water partition coefficient (Wildman–Crippen LogP) is 2.17. The van der Waals surface area contributed by atoms with Crippen LogP contribution in [0.5, 0.6) is 0 Å². The molecule has 1 aromatic rings. The van der Waals surface area contributed by atoms with E-state index in [1.165, 1.54) is 0 Å². The molecule has 2 rings (SSSR count). The van der Waals surface area contributed by atoms with Gasteiger partial charge in [-0.1, -0.05) is 6.07 Å². The van der Waals surface area contributed by atoms with Crippen LogP contribution in [0.15, 0.2) is 18.2 Å². The summed E-state index contributed by atoms with van der Waals surface area (Å²) in [5.74, 6) is 0. The summed E-state index contributed by atoms with van der Waals surface area (Å²) in [4.78, 5) is 11.8. The van der Waals surface area contributed by atoms with Gasteiger partial charge in [0.05, 0.1) is 11.6 Å². The third-order valence-corrected chi connectivity index (χ3v) is 3.17. The standard InChI is InChI=1S/C14H17N3O2/c1-10-2-3-13(8-11(10)9-15)17-14(18)16-12-4-6-19-7-5-12/h2-3,8,12H,4-7H2,1H3,(H2,16,17,18). The Kier molecular flexibility index (Phi) is 4.37. The molecule has 19 heavy (non-hydrogen) atoms. The highest BCUT2D eigenvalue weighted by Gasteiger charge is 2.16. The van der Waals surface area contributed by atoms with E-state index in [0.29, 0.717) is 24.5 Å². The van der Waals surface area contributed by atoms with Gasteiger partial charge in [0.1, 0.15) is 0 Å². The maximum atomic E-state index is 11.8. The summed E-state index contributed by atoms with van der Waals surface area (Å²) in [5, 5.41) is 14.6. The molecule has 100 valence electrons. The summed E-state index contributed by atoms with van der Waals surface area (Å²) in [6, 6.07) is 7.32. The SMILES string of the molecule is Cc1ccc(NC(=O)NC2CCOCC2)cc1C#N. The summed E-state index contributed by atoms with van der Waals surface area (Å²) in [7, 11) is 0. The fourth-order valence-corrected chi connectivity index (χ4v) is 2.01. The number of nitrogens with one attached hydrogen (secondary N) is 2. The van der Waals surface area contributed by atoms with Crippen molar-refractivity contribution < 1.29 is 9.53 Å². The average molecular weight is 259 g/mol. The number of urea groups is 1. The first-order valence-corrected chi connectivity index (χ1v) is 6.35. The number of benzene rings is 1. The molecule has 0 aliphatic carbocycles. The van der Waals surface area contributed by atoms with Crippen molar-refractivity contribution >= 4 is 11.7 Å². The molecule has 0 atom stereocenters. The zero-order valence-corrected chi connectivity index (χ0v) is 10.9. The zero-order chi connectivity index (χ0) is 13.7. The minimum absolute atomic E-state index is 0.162. The highest BCUT2D eigenvalue weighted by molar-refractivity contribution is 5.89. The number of aryl methyl sites for hydroxylation is 1. The number of carbonyl (C=O) groups excluding carboxylic acids is 1. The molecule has 0 aromatic heterocycles. The smallest absolute Gasteiger partial charge is 0.319 e. The van der Waals surface area contributed by atoms with Gasteiger partial charge >= 0.3 is 6.03 Å². The molecule has 1 aromatic carbocycles. The first-order valence-electron chi connectivity index (χ1n) is 6.35. The van der Waals surface area contributed by atoms with Crippen molar-refractivity contribution in [3.05, 3.63) is 29.3 Å². The van der Waals surface area contributed by atoms with Crippen molar-refractivity contribution in [1.29, 1.82) is 5.26 Å². The maximum Gasteiger partial charge on any atom is 0.319 e. The van der Waals surface area contributed by atoms with E-state index in [-0.39, 0.29) is 12.1 Å². The van der Waals surface area contributed by atoms with Gasteiger partial charge in [-0.2, -0.15) is 5.26 Å². The van der Waals surface area contributed by atoms with Gasteiger partial charge in [0.25, 0.3) is 0 Å². The van der Waals surface area contributed by atoms with Crippen molar-refractivity contribution in [2.24, 2.45) is 0 Å². The summed E-state index contributed by atoms with van der Waals surface area (Å²) in [6.07, 6.45) is 1.68. The lowest BCUT2D eigenvalue weighted by Gasteiger charge is -2.23. The third-order valence-electron chi connectivity index (χ3n) is 3.17. The third kappa shape index (κ3) is 3.70. The van der Waals surface area contributed by atoms with E-state index in [1.807, 2.05) is 13.0 Å². The second-order valence-corrected chi connectivity index (χ2v) is 4.63. The number of ether oxygens (including phenoxy) is 1. The summed E-state index contributed by atoms with van der Waals surface area (Å²) < 4.78 is 5.24. The molecular weight excluding hydrogens is 242 g/mol. The van der Waals surface area contributed by atoms with Crippen LogP contribution in [0.4, 0.5) is 10.5 Å². The van der Waals surface area contributed by atoms with Crippen molar-refractivity contribution in [2.75, 3.05) is 18.5 Å². The molecule has 5 nitrogen and oxygen atoms in total. The van der Waals surface area contributed by atoms with E-state index >= 15 is 0 Å². The van der Waals surface area contributed by atoms with Crippen LogP contribution in [0.1, 0.15) is 24.0 Å². The Hall–Kier alpha value is -2.06. The first-order chi connectivity index (χ1) is 9.19. The van der Waals surface area contributed by atoms with Gasteiger partial charge in [0, 0.05) is 24.9 Å². The number of amides is 2. The van der Waals surface area contributed by atoms with Gasteiger partial charge in [0.15, 0.2) is 0 Å². The molecule has 1 saturated heterocycles. The molecule has 2 amide bonds. The van der Waals surface area contributed by atoms with Crippen LogP contribution in [0.25, 0.3) is 0 Å². The minimum atomic E-state index is -0.236. The lowest BCUT2D eigenvalue weighted by atomic mass is 10.1. The quantitative estimate of drug-likeness (QED) is 0.854. The molecule has 1 aliphatic rings. The molecular formula is C14H17N3O2. The summed E-state index contributed by atoms with van der Waals surface area (Å²) >= 11 is 0. The molecule has 0 radical (unpaired) electrons. The Morgan fingerprint density at radius 3 is 2.84 bits per heavy atom. The maximum absolute atomic E-state index is 11.8. The average Bonchev–Trinajstić information content (AvgIpc) is 2.42. The van der Waals surface area contributed by atoms with Gasteiger partial charge in [-0.3, -0.25) is 0 Å². The largest absolute Gasteiger partial charge is 0.381 e. The Balaban J connectivity index is 1.93. The van der Waals surface area contributed by atoms with E-state index in [2.05, 4.69) is 16.7 Å². The van der Waals surface area contributed by atoms with Crippen LogP contribution in [-0.4, -0.2) is 25.3 Å². The lowest BCUT2D eigenvalue weighted by molar-refractivity contribution is 0.0806. The Bertz CT molecular complexity index is 502. The van der Waals surface area contributed by atoms with Gasteiger partial charge in [-0.25, -0.2) is 4.79 Å². The predicted molar refractivity (Wildman–Crippen MR) is 71.9 cm³/mol. The number of hydrogen-bond donors (Lipinski definition) is 2. The van der Waals surface area contributed by atoms with Crippen molar-refractivity contribution in [2.45, 2.75) is 25.8 Å². The van der Waals surface area contributed by atoms with Crippen LogP contribution in [0.3, 0.4) is 0 Å². The molecule has 0 bridgehead atoms. The van der Waals surface area contributed by atoms with Crippen LogP contribution in [0, 0.1) is 18.3 Å². The topological polar surface area (TPSA) is 74.2 Å². The van der Waals surface area contributed by atoms with Gasteiger partial charge in [-0.05, 0) is 37.5 Å². The number of nitriles is 1. The van der Waals surface area contributed by atoms with Crippen LogP contribution in [0.2, 0.25) is 0 Å². The van der Waals surface area contributed by atoms with E-state index in [0.717, 1.165) is 18.4 Å². The summed E-state index contributed by atoms with van der Waals surface area (Å²) in [6.45, 7) is 3.24. The highest BCUT2D eigenvalue weighted by atomic mass is 16.5. The molecule has 0 saturated carbocycles. The van der Waals surface area contributed by atoms with Gasteiger partial charge < -0.3 is 15.4 Å². The second-order valence-electron chi connectivity index (χ2n) is 4.63.